The van der Waals surface area contributed by atoms with Crippen LogP contribution in [-0.4, -0.2) is 54.4 Å². The third kappa shape index (κ3) is 5.04. The van der Waals surface area contributed by atoms with Gasteiger partial charge in [-0.2, -0.15) is 0 Å². The predicted molar refractivity (Wildman–Crippen MR) is 61.9 cm³/mol. The first-order valence-corrected chi connectivity index (χ1v) is 5.85. The summed E-state index contributed by atoms with van der Waals surface area (Å²) < 4.78 is 5.56. The highest BCUT2D eigenvalue weighted by Crippen LogP contribution is 2.18. The van der Waals surface area contributed by atoms with E-state index in [1.54, 1.807) is 7.05 Å². The number of carbonyl (C=O) groups is 2. The minimum absolute atomic E-state index is 0.0408. The van der Waals surface area contributed by atoms with Crippen molar-refractivity contribution in [2.24, 2.45) is 0 Å². The van der Waals surface area contributed by atoms with Crippen LogP contribution in [0.4, 0.5) is 4.79 Å². The standard InChI is InChI=1S/C11H20N2O4/c1-8-3-4-9(17-8)7-12-11(16)13(2)6-5-10(14)15/h8-9H,3-7H2,1-2H3,(H,12,16)(H,14,15). The Bertz CT molecular complexity index is 283. The maximum atomic E-state index is 11.6. The van der Waals surface area contributed by atoms with Crippen LogP contribution in [0.25, 0.3) is 0 Å². The van der Waals surface area contributed by atoms with E-state index in [9.17, 15) is 9.59 Å². The van der Waals surface area contributed by atoms with Gasteiger partial charge in [0.05, 0.1) is 18.6 Å². The maximum Gasteiger partial charge on any atom is 0.317 e. The molecule has 6 nitrogen and oxygen atoms in total. The highest BCUT2D eigenvalue weighted by molar-refractivity contribution is 5.75. The lowest BCUT2D eigenvalue weighted by Gasteiger charge is -2.18. The van der Waals surface area contributed by atoms with Gasteiger partial charge in [-0.05, 0) is 19.8 Å². The summed E-state index contributed by atoms with van der Waals surface area (Å²) in [6.45, 7) is 2.71. The molecule has 0 aliphatic carbocycles. The minimum atomic E-state index is -0.905. The molecule has 0 radical (unpaired) electrons. The molecular weight excluding hydrogens is 224 g/mol. The zero-order valence-corrected chi connectivity index (χ0v) is 10.3. The second kappa shape index (κ2) is 6.44. The fraction of sp³-hybridized carbons (Fsp3) is 0.818. The number of nitrogens with zero attached hydrogens (tertiary/aromatic N) is 1. The SMILES string of the molecule is CC1CCC(CNC(=O)N(C)CCC(=O)O)O1. The van der Waals surface area contributed by atoms with Crippen LogP contribution in [0, 0.1) is 0 Å². The summed E-state index contributed by atoms with van der Waals surface area (Å²) >= 11 is 0. The fourth-order valence-electron chi connectivity index (χ4n) is 1.74. The average molecular weight is 244 g/mol. The molecule has 0 aromatic carbocycles. The third-order valence-electron chi connectivity index (χ3n) is 2.81. The Kier molecular flexibility index (Phi) is 5.21. The molecule has 0 aromatic heterocycles. The van der Waals surface area contributed by atoms with Crippen molar-refractivity contribution in [3.05, 3.63) is 0 Å². The molecular formula is C11H20N2O4. The van der Waals surface area contributed by atoms with Crippen molar-refractivity contribution in [3.8, 4) is 0 Å². The van der Waals surface area contributed by atoms with Crippen molar-refractivity contribution in [3.63, 3.8) is 0 Å². The van der Waals surface area contributed by atoms with Gasteiger partial charge in [0, 0.05) is 20.1 Å². The Morgan fingerprint density at radius 2 is 2.18 bits per heavy atom. The number of hydrogen-bond donors (Lipinski definition) is 2. The summed E-state index contributed by atoms with van der Waals surface area (Å²) in [5.41, 5.74) is 0. The molecule has 2 amide bonds. The van der Waals surface area contributed by atoms with Crippen LogP contribution in [0.5, 0.6) is 0 Å². The van der Waals surface area contributed by atoms with Crippen LogP contribution in [0.1, 0.15) is 26.2 Å². The molecule has 0 bridgehead atoms. The first-order chi connectivity index (χ1) is 7.99. The zero-order valence-electron chi connectivity index (χ0n) is 10.3. The Hall–Kier alpha value is -1.30. The molecule has 2 atom stereocenters. The van der Waals surface area contributed by atoms with E-state index < -0.39 is 5.97 Å². The fourth-order valence-corrected chi connectivity index (χ4v) is 1.74. The van der Waals surface area contributed by atoms with Crippen molar-refractivity contribution in [2.75, 3.05) is 20.1 Å². The molecule has 1 heterocycles. The molecule has 1 rings (SSSR count). The average Bonchev–Trinajstić information content (AvgIpc) is 2.68. The van der Waals surface area contributed by atoms with Crippen molar-refractivity contribution < 1.29 is 19.4 Å². The number of amides is 2. The summed E-state index contributed by atoms with van der Waals surface area (Å²) in [7, 11) is 1.58. The third-order valence-corrected chi connectivity index (χ3v) is 2.81. The Labute approximate surface area is 101 Å². The molecule has 1 fully saturated rings. The van der Waals surface area contributed by atoms with Crippen LogP contribution in [0.2, 0.25) is 0 Å². The molecule has 6 heteroatoms. The number of aliphatic carboxylic acids is 1. The molecule has 0 spiro atoms. The highest BCUT2D eigenvalue weighted by atomic mass is 16.5. The van der Waals surface area contributed by atoms with Crippen molar-refractivity contribution in [2.45, 2.75) is 38.4 Å². The van der Waals surface area contributed by atoms with Crippen LogP contribution in [0.15, 0.2) is 0 Å². The second-order valence-corrected chi connectivity index (χ2v) is 4.40. The maximum absolute atomic E-state index is 11.6. The number of nitrogens with one attached hydrogen (secondary N) is 1. The summed E-state index contributed by atoms with van der Waals surface area (Å²) in [6.07, 6.45) is 2.29. The Morgan fingerprint density at radius 3 is 2.71 bits per heavy atom. The molecule has 17 heavy (non-hydrogen) atoms. The van der Waals surface area contributed by atoms with E-state index in [0.29, 0.717) is 6.54 Å². The first-order valence-electron chi connectivity index (χ1n) is 5.85. The van der Waals surface area contributed by atoms with E-state index in [0.717, 1.165) is 12.8 Å². The molecule has 1 saturated heterocycles. The molecule has 2 unspecified atom stereocenters. The predicted octanol–water partition coefficient (Wildman–Crippen LogP) is 0.670. The van der Waals surface area contributed by atoms with Crippen LogP contribution in [0.3, 0.4) is 0 Å². The summed E-state index contributed by atoms with van der Waals surface area (Å²) in [4.78, 5) is 23.3. The lowest BCUT2D eigenvalue weighted by Crippen LogP contribution is -2.41. The number of carbonyl (C=O) groups excluding carboxylic acids is 1. The number of hydrogen-bond acceptors (Lipinski definition) is 3. The molecule has 98 valence electrons. The molecule has 0 aromatic rings. The Balaban J connectivity index is 2.17. The van der Waals surface area contributed by atoms with Gasteiger partial charge in [-0.1, -0.05) is 0 Å². The van der Waals surface area contributed by atoms with E-state index in [-0.39, 0.29) is 31.2 Å². The van der Waals surface area contributed by atoms with Gasteiger partial charge in [-0.3, -0.25) is 4.79 Å². The van der Waals surface area contributed by atoms with E-state index in [4.69, 9.17) is 9.84 Å². The zero-order chi connectivity index (χ0) is 12.8. The van der Waals surface area contributed by atoms with Crippen LogP contribution < -0.4 is 5.32 Å². The number of carboxylic acid groups (broad SMARTS) is 1. The van der Waals surface area contributed by atoms with E-state index in [1.165, 1.54) is 4.90 Å². The Morgan fingerprint density at radius 1 is 1.47 bits per heavy atom. The van der Waals surface area contributed by atoms with Crippen LogP contribution >= 0.6 is 0 Å². The topological polar surface area (TPSA) is 78.9 Å². The van der Waals surface area contributed by atoms with Gasteiger partial charge >= 0.3 is 12.0 Å². The monoisotopic (exact) mass is 244 g/mol. The number of carboxylic acids is 1. The van der Waals surface area contributed by atoms with Crippen molar-refractivity contribution in [1.82, 2.24) is 10.2 Å². The van der Waals surface area contributed by atoms with E-state index in [1.807, 2.05) is 6.92 Å². The first kappa shape index (κ1) is 13.8. The van der Waals surface area contributed by atoms with Crippen molar-refractivity contribution in [1.29, 1.82) is 0 Å². The summed E-state index contributed by atoms with van der Waals surface area (Å²) in [6, 6.07) is -0.255. The van der Waals surface area contributed by atoms with E-state index >= 15 is 0 Å². The highest BCUT2D eigenvalue weighted by Gasteiger charge is 2.22. The second-order valence-electron chi connectivity index (χ2n) is 4.40. The minimum Gasteiger partial charge on any atom is -0.481 e. The summed E-state index contributed by atoms with van der Waals surface area (Å²) in [5, 5.41) is 11.2. The number of rotatable bonds is 5. The van der Waals surface area contributed by atoms with Gasteiger partial charge in [-0.15, -0.1) is 0 Å². The lowest BCUT2D eigenvalue weighted by molar-refractivity contribution is -0.137. The number of ether oxygens (including phenoxy) is 1. The quantitative estimate of drug-likeness (QED) is 0.745. The van der Waals surface area contributed by atoms with Gasteiger partial charge in [0.2, 0.25) is 0 Å². The van der Waals surface area contributed by atoms with Gasteiger partial charge < -0.3 is 20.1 Å². The summed E-state index contributed by atoms with van der Waals surface area (Å²) in [5.74, 6) is -0.905. The van der Waals surface area contributed by atoms with E-state index in [2.05, 4.69) is 5.32 Å². The van der Waals surface area contributed by atoms with Crippen LogP contribution in [-0.2, 0) is 9.53 Å². The van der Waals surface area contributed by atoms with Gasteiger partial charge in [0.1, 0.15) is 0 Å². The molecule has 2 N–H and O–H groups in total. The molecule has 1 aliphatic rings. The van der Waals surface area contributed by atoms with Gasteiger partial charge in [-0.25, -0.2) is 4.79 Å². The van der Waals surface area contributed by atoms with Crippen molar-refractivity contribution >= 4 is 12.0 Å². The largest absolute Gasteiger partial charge is 0.481 e. The smallest absolute Gasteiger partial charge is 0.317 e. The number of urea groups is 1. The molecule has 0 saturated carbocycles. The normalized spacial score (nSPS) is 23.4. The molecule has 1 aliphatic heterocycles. The lowest BCUT2D eigenvalue weighted by atomic mass is 10.2. The van der Waals surface area contributed by atoms with Gasteiger partial charge in [0.25, 0.3) is 0 Å². The van der Waals surface area contributed by atoms with Gasteiger partial charge in [0.15, 0.2) is 0 Å².